The molecule has 9 nitrogen and oxygen atoms in total. The molecule has 1 aromatic heterocycles. The van der Waals surface area contributed by atoms with E-state index in [-0.39, 0.29) is 28.8 Å². The fourth-order valence-corrected chi connectivity index (χ4v) is 3.40. The Bertz CT molecular complexity index is 997. The molecule has 1 aromatic carbocycles. The largest absolute Gasteiger partial charge is 0.495 e. The smallest absolute Gasteiger partial charge is 0.255 e. The van der Waals surface area contributed by atoms with E-state index >= 15 is 0 Å². The molecule has 0 saturated carbocycles. The summed E-state index contributed by atoms with van der Waals surface area (Å²) in [5, 5.41) is 0. The van der Waals surface area contributed by atoms with Gasteiger partial charge in [0.05, 0.1) is 24.6 Å². The van der Waals surface area contributed by atoms with E-state index < -0.39 is 16.7 Å². The third-order valence-corrected chi connectivity index (χ3v) is 4.89. The molecule has 0 spiro atoms. The Kier molecular flexibility index (Phi) is 6.27. The molecule has 11 heteroatoms. The molecule has 3 rings (SSSR count). The summed E-state index contributed by atoms with van der Waals surface area (Å²) in [6.45, 7) is 1.22. The Hall–Kier alpha value is -3.21. The highest BCUT2D eigenvalue weighted by atomic mass is 32.2. The van der Waals surface area contributed by atoms with Crippen LogP contribution in [0.4, 0.5) is 10.1 Å². The van der Waals surface area contributed by atoms with Crippen LogP contribution in [0.2, 0.25) is 0 Å². The SMILES string of the molecule is COc1cc(C(=O)N2CCN(C(=O)c3cncc(F)c3)CC2)ccc1N[SH](=O)=O. The lowest BCUT2D eigenvalue weighted by Gasteiger charge is -2.34. The molecule has 2 amide bonds. The molecule has 1 saturated heterocycles. The van der Waals surface area contributed by atoms with Crippen LogP contribution >= 0.6 is 0 Å². The van der Waals surface area contributed by atoms with Crippen molar-refractivity contribution in [2.24, 2.45) is 0 Å². The topological polar surface area (TPSA) is 109 Å². The molecule has 29 heavy (non-hydrogen) atoms. The van der Waals surface area contributed by atoms with E-state index in [9.17, 15) is 22.4 Å². The maximum Gasteiger partial charge on any atom is 0.255 e. The number of halogens is 1. The van der Waals surface area contributed by atoms with Gasteiger partial charge in [0, 0.05) is 37.9 Å². The molecular weight excluding hydrogens is 403 g/mol. The minimum Gasteiger partial charge on any atom is -0.495 e. The first-order valence-corrected chi connectivity index (χ1v) is 9.85. The zero-order valence-electron chi connectivity index (χ0n) is 15.5. The van der Waals surface area contributed by atoms with Gasteiger partial charge in [-0.15, -0.1) is 0 Å². The summed E-state index contributed by atoms with van der Waals surface area (Å²) in [7, 11) is -1.49. The molecular formula is C18H19FN4O5S. The van der Waals surface area contributed by atoms with Gasteiger partial charge >= 0.3 is 0 Å². The number of hydrogen-bond acceptors (Lipinski definition) is 6. The molecule has 1 N–H and O–H groups in total. The Morgan fingerprint density at radius 1 is 1.03 bits per heavy atom. The van der Waals surface area contributed by atoms with Crippen LogP contribution < -0.4 is 9.46 Å². The van der Waals surface area contributed by atoms with Crippen molar-refractivity contribution in [3.63, 3.8) is 0 Å². The van der Waals surface area contributed by atoms with Gasteiger partial charge in [-0.25, -0.2) is 12.8 Å². The lowest BCUT2D eigenvalue weighted by molar-refractivity contribution is 0.0535. The van der Waals surface area contributed by atoms with Gasteiger partial charge in [0.1, 0.15) is 11.6 Å². The van der Waals surface area contributed by atoms with Gasteiger partial charge in [-0.2, -0.15) is 0 Å². The number of thiol groups is 1. The lowest BCUT2D eigenvalue weighted by atomic mass is 10.1. The Balaban J connectivity index is 1.66. The molecule has 1 fully saturated rings. The molecule has 0 aliphatic carbocycles. The molecule has 0 bridgehead atoms. The van der Waals surface area contributed by atoms with Crippen molar-refractivity contribution < 1.29 is 27.1 Å². The maximum absolute atomic E-state index is 13.3. The van der Waals surface area contributed by atoms with Crippen molar-refractivity contribution in [1.29, 1.82) is 0 Å². The molecule has 0 unspecified atom stereocenters. The van der Waals surface area contributed by atoms with Crippen molar-refractivity contribution in [2.45, 2.75) is 0 Å². The number of ether oxygens (including phenoxy) is 1. The Labute approximate surface area is 168 Å². The average Bonchev–Trinajstić information content (AvgIpc) is 2.72. The molecule has 0 atom stereocenters. The van der Waals surface area contributed by atoms with Gasteiger partial charge in [-0.3, -0.25) is 19.3 Å². The number of amides is 2. The summed E-state index contributed by atoms with van der Waals surface area (Å²) < 4.78 is 42.3. The summed E-state index contributed by atoms with van der Waals surface area (Å²) in [6, 6.07) is 5.54. The first-order valence-electron chi connectivity index (χ1n) is 8.67. The Morgan fingerprint density at radius 3 is 2.21 bits per heavy atom. The summed E-state index contributed by atoms with van der Waals surface area (Å²) in [5.74, 6) is -0.964. The van der Waals surface area contributed by atoms with Gasteiger partial charge in [-0.1, -0.05) is 0 Å². The van der Waals surface area contributed by atoms with Crippen LogP contribution in [0.5, 0.6) is 5.75 Å². The number of rotatable bonds is 5. The van der Waals surface area contributed by atoms with Crippen LogP contribution in [0, 0.1) is 5.82 Å². The van der Waals surface area contributed by atoms with E-state index in [0.29, 0.717) is 31.7 Å². The van der Waals surface area contributed by atoms with E-state index in [0.717, 1.165) is 12.3 Å². The van der Waals surface area contributed by atoms with Crippen LogP contribution in [-0.4, -0.2) is 68.3 Å². The minimum absolute atomic E-state index is 0.161. The number of nitrogens with zero attached hydrogens (tertiary/aromatic N) is 3. The number of anilines is 1. The van der Waals surface area contributed by atoms with Crippen molar-refractivity contribution in [3.8, 4) is 5.75 Å². The van der Waals surface area contributed by atoms with E-state index in [2.05, 4.69) is 9.71 Å². The average molecular weight is 422 g/mol. The van der Waals surface area contributed by atoms with Crippen LogP contribution in [0.3, 0.4) is 0 Å². The molecule has 0 radical (unpaired) electrons. The highest BCUT2D eigenvalue weighted by Crippen LogP contribution is 2.26. The van der Waals surface area contributed by atoms with E-state index in [1.54, 1.807) is 9.80 Å². The monoisotopic (exact) mass is 422 g/mol. The zero-order chi connectivity index (χ0) is 21.0. The second-order valence-electron chi connectivity index (χ2n) is 6.26. The highest BCUT2D eigenvalue weighted by Gasteiger charge is 2.26. The number of pyridine rings is 1. The van der Waals surface area contributed by atoms with Gasteiger partial charge in [0.2, 0.25) is 10.9 Å². The number of nitrogens with one attached hydrogen (secondary N) is 1. The Morgan fingerprint density at radius 2 is 1.66 bits per heavy atom. The predicted octanol–water partition coefficient (Wildman–Crippen LogP) is 0.766. The van der Waals surface area contributed by atoms with Gasteiger partial charge in [0.15, 0.2) is 0 Å². The molecule has 1 aliphatic rings. The number of methoxy groups -OCH3 is 1. The van der Waals surface area contributed by atoms with Crippen LogP contribution in [-0.2, 0) is 10.9 Å². The standard InChI is InChI=1S/C18H19FN4O5S/c1-28-16-9-12(2-3-15(16)21-29(26)27)17(24)22-4-6-23(7-5-22)18(25)13-8-14(19)11-20-10-13/h2-3,8-11,29H,4-7H2,1H3,(H,21,26,27). The quantitative estimate of drug-likeness (QED) is 0.689. The fourth-order valence-electron chi connectivity index (χ4n) is 3.02. The summed E-state index contributed by atoms with van der Waals surface area (Å²) in [4.78, 5) is 32.0. The lowest BCUT2D eigenvalue weighted by Crippen LogP contribution is -2.50. The first kappa shape index (κ1) is 20.5. The summed E-state index contributed by atoms with van der Waals surface area (Å²) in [5.41, 5.74) is 0.733. The van der Waals surface area contributed by atoms with Crippen molar-refractivity contribution in [1.82, 2.24) is 14.8 Å². The van der Waals surface area contributed by atoms with Crippen molar-refractivity contribution >= 4 is 28.4 Å². The van der Waals surface area contributed by atoms with Crippen LogP contribution in [0.25, 0.3) is 0 Å². The molecule has 1 aliphatic heterocycles. The van der Waals surface area contributed by atoms with Crippen molar-refractivity contribution in [2.75, 3.05) is 38.0 Å². The highest BCUT2D eigenvalue weighted by molar-refractivity contribution is 7.73. The van der Waals surface area contributed by atoms with E-state index in [1.807, 2.05) is 0 Å². The van der Waals surface area contributed by atoms with Gasteiger partial charge in [-0.05, 0) is 24.3 Å². The number of aromatic nitrogens is 1. The van der Waals surface area contributed by atoms with Crippen molar-refractivity contribution in [3.05, 3.63) is 53.6 Å². The number of benzene rings is 1. The number of hydrogen-bond donors (Lipinski definition) is 2. The minimum atomic E-state index is -2.86. The zero-order valence-corrected chi connectivity index (χ0v) is 16.4. The number of carbonyl (C=O) groups is 2. The predicted molar refractivity (Wildman–Crippen MR) is 103 cm³/mol. The van der Waals surface area contributed by atoms with Gasteiger partial charge < -0.3 is 14.5 Å². The second-order valence-corrected chi connectivity index (χ2v) is 7.00. The first-order chi connectivity index (χ1) is 13.9. The number of piperazine rings is 1. The normalized spacial score (nSPS) is 14.0. The summed E-state index contributed by atoms with van der Waals surface area (Å²) in [6.07, 6.45) is 2.33. The fraction of sp³-hybridized carbons (Fsp3) is 0.278. The maximum atomic E-state index is 13.3. The second kappa shape index (κ2) is 8.86. The van der Waals surface area contributed by atoms with E-state index in [1.165, 1.54) is 31.5 Å². The van der Waals surface area contributed by atoms with E-state index in [4.69, 9.17) is 4.74 Å². The third kappa shape index (κ3) is 4.80. The molecule has 2 heterocycles. The summed E-state index contributed by atoms with van der Waals surface area (Å²) >= 11 is 0. The van der Waals surface area contributed by atoms with Gasteiger partial charge in [0.25, 0.3) is 11.8 Å². The number of carbonyl (C=O) groups excluding carboxylic acids is 2. The molecule has 2 aromatic rings. The van der Waals surface area contributed by atoms with Crippen LogP contribution in [0.15, 0.2) is 36.7 Å². The molecule has 154 valence electrons. The third-order valence-electron chi connectivity index (χ3n) is 4.47. The van der Waals surface area contributed by atoms with Crippen LogP contribution in [0.1, 0.15) is 20.7 Å².